The van der Waals surface area contributed by atoms with E-state index in [9.17, 15) is 0 Å². The summed E-state index contributed by atoms with van der Waals surface area (Å²) in [6.07, 6.45) is 0. The van der Waals surface area contributed by atoms with Crippen LogP contribution in [0.25, 0.3) is 9.75 Å². The molecule has 3 heterocycles. The van der Waals surface area contributed by atoms with Crippen LogP contribution < -0.4 is 10.4 Å². The second kappa shape index (κ2) is 3.29. The number of rotatable bonds is 0. The van der Waals surface area contributed by atoms with Gasteiger partial charge in [-0.2, -0.15) is 0 Å². The molecule has 15 heavy (non-hydrogen) atoms. The number of halogens is 2. The molecule has 1 aliphatic rings. The maximum Gasteiger partial charge on any atom is 0.116 e. The van der Waals surface area contributed by atoms with Gasteiger partial charge in [0, 0.05) is 9.75 Å². The molecule has 1 aliphatic heterocycles. The van der Waals surface area contributed by atoms with Crippen molar-refractivity contribution in [2.24, 2.45) is 0 Å². The van der Waals surface area contributed by atoms with Crippen LogP contribution in [-0.4, -0.2) is 8.07 Å². The third-order valence-corrected chi connectivity index (χ3v) is 10.2. The summed E-state index contributed by atoms with van der Waals surface area (Å²) in [6.45, 7) is 4.88. The van der Waals surface area contributed by atoms with E-state index in [4.69, 9.17) is 0 Å². The molecule has 2 aromatic rings. The zero-order valence-electron chi connectivity index (χ0n) is 8.23. The molecule has 2 aromatic heterocycles. The molecule has 0 bridgehead atoms. The first-order valence-corrected chi connectivity index (χ1v) is 10.8. The van der Waals surface area contributed by atoms with Gasteiger partial charge < -0.3 is 0 Å². The molecule has 3 rings (SSSR count). The predicted octanol–water partition coefficient (Wildman–Crippen LogP) is 4.14. The van der Waals surface area contributed by atoms with Gasteiger partial charge in [0.2, 0.25) is 0 Å². The van der Waals surface area contributed by atoms with Crippen LogP contribution >= 0.6 is 54.5 Å². The van der Waals surface area contributed by atoms with Crippen molar-refractivity contribution in [2.45, 2.75) is 13.1 Å². The monoisotopic (exact) mass is 378 g/mol. The van der Waals surface area contributed by atoms with E-state index in [0.717, 1.165) is 0 Å². The van der Waals surface area contributed by atoms with Crippen molar-refractivity contribution in [3.63, 3.8) is 0 Å². The lowest BCUT2D eigenvalue weighted by molar-refractivity contribution is 1.84. The van der Waals surface area contributed by atoms with E-state index in [1.54, 1.807) is 10.4 Å². The molecule has 0 N–H and O–H groups in total. The van der Waals surface area contributed by atoms with Crippen molar-refractivity contribution >= 4 is 73.0 Å². The van der Waals surface area contributed by atoms with Crippen molar-refractivity contribution in [1.29, 1.82) is 0 Å². The normalized spacial score (nSPS) is 16.5. The zero-order valence-corrected chi connectivity index (χ0v) is 14.0. The molecule has 0 unspecified atom stereocenters. The summed E-state index contributed by atoms with van der Waals surface area (Å²) in [5.41, 5.74) is 0. The molecule has 0 nitrogen and oxygen atoms in total. The van der Waals surface area contributed by atoms with Crippen molar-refractivity contribution in [1.82, 2.24) is 0 Å². The highest BCUT2D eigenvalue weighted by molar-refractivity contribution is 9.11. The standard InChI is InChI=1S/C10H8Br2S2Si/c1-15(2)5-3-7(11)13-9(5)10-6(15)4-8(12)14-10/h3-4H,1-2H3. The molecule has 78 valence electrons. The maximum atomic E-state index is 3.60. The van der Waals surface area contributed by atoms with E-state index in [1.165, 1.54) is 17.3 Å². The zero-order chi connectivity index (χ0) is 10.8. The van der Waals surface area contributed by atoms with Gasteiger partial charge in [-0.3, -0.25) is 0 Å². The molecule has 0 amide bonds. The summed E-state index contributed by atoms with van der Waals surface area (Å²) in [7, 11) is -1.38. The average Bonchev–Trinajstić information content (AvgIpc) is 2.72. The molecule has 0 aliphatic carbocycles. The van der Waals surface area contributed by atoms with Gasteiger partial charge in [-0.05, 0) is 54.4 Å². The first kappa shape index (κ1) is 10.7. The Morgan fingerprint density at radius 2 is 1.33 bits per heavy atom. The van der Waals surface area contributed by atoms with Crippen LogP contribution in [0.15, 0.2) is 19.7 Å². The van der Waals surface area contributed by atoms with Gasteiger partial charge in [0.25, 0.3) is 0 Å². The van der Waals surface area contributed by atoms with Gasteiger partial charge in [-0.25, -0.2) is 0 Å². The molecular formula is C10H8Br2S2Si. The molecule has 0 saturated heterocycles. The number of fused-ring (bicyclic) bond motifs is 3. The van der Waals surface area contributed by atoms with E-state index in [2.05, 4.69) is 57.1 Å². The Morgan fingerprint density at radius 3 is 1.73 bits per heavy atom. The third-order valence-electron chi connectivity index (χ3n) is 2.96. The van der Waals surface area contributed by atoms with Gasteiger partial charge >= 0.3 is 0 Å². The van der Waals surface area contributed by atoms with E-state index in [1.807, 2.05) is 22.7 Å². The van der Waals surface area contributed by atoms with Crippen LogP contribution in [0, 0.1) is 0 Å². The van der Waals surface area contributed by atoms with Gasteiger partial charge in [-0.15, -0.1) is 22.7 Å². The van der Waals surface area contributed by atoms with Crippen molar-refractivity contribution in [3.8, 4) is 9.75 Å². The first-order chi connectivity index (χ1) is 7.00. The molecule has 0 fully saturated rings. The van der Waals surface area contributed by atoms with Crippen molar-refractivity contribution < 1.29 is 0 Å². The summed E-state index contributed by atoms with van der Waals surface area (Å²) >= 11 is 11.0. The summed E-state index contributed by atoms with van der Waals surface area (Å²) < 4.78 is 2.53. The Kier molecular flexibility index (Phi) is 2.35. The number of hydrogen-bond acceptors (Lipinski definition) is 2. The Hall–Kier alpha value is 0.577. The summed E-state index contributed by atoms with van der Waals surface area (Å²) in [6, 6.07) is 4.65. The summed E-state index contributed by atoms with van der Waals surface area (Å²) in [5.74, 6) is 0. The lowest BCUT2D eigenvalue weighted by atomic mass is 10.4. The van der Waals surface area contributed by atoms with E-state index < -0.39 is 8.07 Å². The minimum Gasteiger partial charge on any atom is -0.127 e. The Bertz CT molecular complexity index is 506. The highest BCUT2D eigenvalue weighted by Crippen LogP contribution is 2.41. The van der Waals surface area contributed by atoms with Gasteiger partial charge in [-0.1, -0.05) is 13.1 Å². The van der Waals surface area contributed by atoms with Crippen molar-refractivity contribution in [2.75, 3.05) is 0 Å². The number of hydrogen-bond donors (Lipinski definition) is 0. The highest BCUT2D eigenvalue weighted by atomic mass is 79.9. The van der Waals surface area contributed by atoms with Gasteiger partial charge in [0.1, 0.15) is 8.07 Å². The molecule has 0 aromatic carbocycles. The Morgan fingerprint density at radius 1 is 0.933 bits per heavy atom. The molecular weight excluding hydrogens is 372 g/mol. The highest BCUT2D eigenvalue weighted by Gasteiger charge is 2.40. The minimum absolute atomic E-state index is 1.27. The summed E-state index contributed by atoms with van der Waals surface area (Å²) in [4.78, 5) is 3.01. The van der Waals surface area contributed by atoms with E-state index >= 15 is 0 Å². The first-order valence-electron chi connectivity index (χ1n) is 4.60. The molecule has 0 atom stereocenters. The molecule has 0 radical (unpaired) electrons. The van der Waals surface area contributed by atoms with Crippen LogP contribution in [0.4, 0.5) is 0 Å². The average molecular weight is 380 g/mol. The van der Waals surface area contributed by atoms with Crippen LogP contribution in [0.1, 0.15) is 0 Å². The lowest BCUT2D eigenvalue weighted by Crippen LogP contribution is -2.48. The van der Waals surface area contributed by atoms with Crippen LogP contribution in [-0.2, 0) is 0 Å². The topological polar surface area (TPSA) is 0 Å². The molecule has 5 heteroatoms. The second-order valence-electron chi connectivity index (χ2n) is 4.21. The quantitative estimate of drug-likeness (QED) is 0.603. The van der Waals surface area contributed by atoms with E-state index in [0.29, 0.717) is 0 Å². The molecule has 0 spiro atoms. The van der Waals surface area contributed by atoms with Crippen LogP contribution in [0.3, 0.4) is 0 Å². The Labute approximate surface area is 115 Å². The van der Waals surface area contributed by atoms with Gasteiger partial charge in [0.15, 0.2) is 0 Å². The van der Waals surface area contributed by atoms with Crippen LogP contribution in [0.5, 0.6) is 0 Å². The minimum atomic E-state index is -1.38. The largest absolute Gasteiger partial charge is 0.127 e. The summed E-state index contributed by atoms with van der Waals surface area (Å²) in [5, 5.41) is 3.21. The molecule has 0 saturated carbocycles. The Balaban J connectivity index is 2.38. The maximum absolute atomic E-state index is 3.60. The lowest BCUT2D eigenvalue weighted by Gasteiger charge is -2.15. The fourth-order valence-corrected chi connectivity index (χ4v) is 10.6. The van der Waals surface area contributed by atoms with Crippen molar-refractivity contribution in [3.05, 3.63) is 19.7 Å². The SMILES string of the molecule is C[Si]1(C)c2cc(Br)sc2-c2sc(Br)cc21. The number of thiophene rings is 2. The van der Waals surface area contributed by atoms with E-state index in [-0.39, 0.29) is 0 Å². The fraction of sp³-hybridized carbons (Fsp3) is 0.200. The smallest absolute Gasteiger partial charge is 0.116 e. The van der Waals surface area contributed by atoms with Crippen LogP contribution in [0.2, 0.25) is 13.1 Å². The third kappa shape index (κ3) is 1.40. The fourth-order valence-electron chi connectivity index (χ4n) is 2.13. The van der Waals surface area contributed by atoms with Gasteiger partial charge in [0.05, 0.1) is 7.57 Å². The second-order valence-corrected chi connectivity index (χ2v) is 13.4. The predicted molar refractivity (Wildman–Crippen MR) is 79.8 cm³/mol.